The second-order valence-electron chi connectivity index (χ2n) is 5.62. The lowest BCUT2D eigenvalue weighted by Crippen LogP contribution is -2.31. The lowest BCUT2D eigenvalue weighted by Gasteiger charge is -2.33. The van der Waals surface area contributed by atoms with Gasteiger partial charge in [-0.1, -0.05) is 52.9 Å². The number of hydrogen-bond donors (Lipinski definition) is 0. The summed E-state index contributed by atoms with van der Waals surface area (Å²) in [6.45, 7) is 1.88. The smallest absolute Gasteiger partial charge is 0.139 e. The van der Waals surface area contributed by atoms with Crippen LogP contribution in [-0.4, -0.2) is 26.3 Å². The third-order valence-corrected chi connectivity index (χ3v) is 4.49. The van der Waals surface area contributed by atoms with E-state index in [0.29, 0.717) is 5.92 Å². The van der Waals surface area contributed by atoms with Crippen LogP contribution in [0.2, 0.25) is 10.0 Å². The molecule has 3 rings (SSSR count). The Balaban J connectivity index is 2.15. The van der Waals surface area contributed by atoms with Crippen LogP contribution in [-0.2, 0) is 6.54 Å². The molecule has 1 atom stereocenters. The van der Waals surface area contributed by atoms with Crippen LogP contribution >= 0.6 is 23.2 Å². The standard InChI is InChI=1S/C16H16BCl2N/c1-20-8-14(10-3-2-4-11(17)5-10)13-6-12(18)7-16(19)15(13)9-20/h2-7,14H,8-9,17H2,1H3. The average molecular weight is 304 g/mol. The normalized spacial score (nSPS) is 18.9. The number of fused-ring (bicyclic) bond motifs is 1. The first-order chi connectivity index (χ1) is 9.54. The second kappa shape index (κ2) is 5.44. The van der Waals surface area contributed by atoms with Crippen LogP contribution in [0.15, 0.2) is 36.4 Å². The minimum absolute atomic E-state index is 0.333. The van der Waals surface area contributed by atoms with Gasteiger partial charge >= 0.3 is 0 Å². The van der Waals surface area contributed by atoms with Crippen LogP contribution in [0.25, 0.3) is 0 Å². The second-order valence-corrected chi connectivity index (χ2v) is 6.46. The van der Waals surface area contributed by atoms with Gasteiger partial charge in [0.05, 0.1) is 0 Å². The van der Waals surface area contributed by atoms with E-state index in [9.17, 15) is 0 Å². The maximum atomic E-state index is 6.39. The Morgan fingerprint density at radius 1 is 1.20 bits per heavy atom. The Bertz CT molecular complexity index is 657. The van der Waals surface area contributed by atoms with Gasteiger partial charge in [-0.3, -0.25) is 0 Å². The van der Waals surface area contributed by atoms with Crippen LogP contribution in [0.1, 0.15) is 22.6 Å². The van der Waals surface area contributed by atoms with Gasteiger partial charge in [-0.05, 0) is 35.9 Å². The molecule has 0 fully saturated rings. The van der Waals surface area contributed by atoms with E-state index >= 15 is 0 Å². The van der Waals surface area contributed by atoms with Crippen molar-refractivity contribution in [3.05, 3.63) is 63.1 Å². The van der Waals surface area contributed by atoms with Crippen molar-refractivity contribution in [1.29, 1.82) is 0 Å². The summed E-state index contributed by atoms with van der Waals surface area (Å²) < 4.78 is 0. The summed E-state index contributed by atoms with van der Waals surface area (Å²) in [5.74, 6) is 0.333. The maximum absolute atomic E-state index is 6.39. The largest absolute Gasteiger partial charge is 0.301 e. The van der Waals surface area contributed by atoms with Crippen molar-refractivity contribution < 1.29 is 0 Å². The van der Waals surface area contributed by atoms with Gasteiger partial charge in [0.25, 0.3) is 0 Å². The quantitative estimate of drug-likeness (QED) is 0.732. The molecule has 0 N–H and O–H groups in total. The minimum Gasteiger partial charge on any atom is -0.301 e. The Labute approximate surface area is 130 Å². The highest BCUT2D eigenvalue weighted by Gasteiger charge is 2.26. The lowest BCUT2D eigenvalue weighted by atomic mass is 9.82. The van der Waals surface area contributed by atoms with Crippen molar-refractivity contribution in [3.63, 3.8) is 0 Å². The van der Waals surface area contributed by atoms with Crippen molar-refractivity contribution in [2.24, 2.45) is 0 Å². The van der Waals surface area contributed by atoms with Gasteiger partial charge in [0.15, 0.2) is 0 Å². The molecule has 1 nitrogen and oxygen atoms in total. The lowest BCUT2D eigenvalue weighted by molar-refractivity contribution is 0.295. The fraction of sp³-hybridized carbons (Fsp3) is 0.250. The summed E-state index contributed by atoms with van der Waals surface area (Å²) in [5, 5.41) is 1.49. The molecule has 1 aliphatic heterocycles. The summed E-state index contributed by atoms with van der Waals surface area (Å²) in [6, 6.07) is 12.6. The molecule has 0 bridgehead atoms. The van der Waals surface area contributed by atoms with Gasteiger partial charge in [0.2, 0.25) is 0 Å². The van der Waals surface area contributed by atoms with Crippen molar-refractivity contribution in [1.82, 2.24) is 4.90 Å². The van der Waals surface area contributed by atoms with Crippen molar-refractivity contribution in [2.75, 3.05) is 13.6 Å². The Morgan fingerprint density at radius 2 is 2.00 bits per heavy atom. The van der Waals surface area contributed by atoms with Gasteiger partial charge in [-0.25, -0.2) is 0 Å². The molecule has 0 aromatic heterocycles. The minimum atomic E-state index is 0.333. The monoisotopic (exact) mass is 303 g/mol. The predicted molar refractivity (Wildman–Crippen MR) is 89.3 cm³/mol. The van der Waals surface area contributed by atoms with Crippen LogP contribution in [0.4, 0.5) is 0 Å². The Morgan fingerprint density at radius 3 is 2.75 bits per heavy atom. The first-order valence-electron chi connectivity index (χ1n) is 6.77. The molecule has 1 unspecified atom stereocenters. The number of halogens is 2. The topological polar surface area (TPSA) is 3.24 Å². The molecule has 2 aromatic rings. The van der Waals surface area contributed by atoms with Gasteiger partial charge in [0.1, 0.15) is 7.85 Å². The zero-order chi connectivity index (χ0) is 14.3. The van der Waals surface area contributed by atoms with Crippen LogP contribution in [0, 0.1) is 0 Å². The number of benzene rings is 2. The van der Waals surface area contributed by atoms with Gasteiger partial charge < -0.3 is 4.90 Å². The molecule has 0 amide bonds. The van der Waals surface area contributed by atoms with E-state index in [2.05, 4.69) is 50.1 Å². The molecule has 0 radical (unpaired) electrons. The Hall–Kier alpha value is -0.955. The zero-order valence-corrected chi connectivity index (χ0v) is 13.2. The van der Waals surface area contributed by atoms with Crippen molar-refractivity contribution >= 4 is 36.5 Å². The van der Waals surface area contributed by atoms with E-state index in [-0.39, 0.29) is 0 Å². The Kier molecular flexibility index (Phi) is 3.81. The van der Waals surface area contributed by atoms with E-state index in [4.69, 9.17) is 23.2 Å². The molecule has 0 saturated heterocycles. The van der Waals surface area contributed by atoms with Gasteiger partial charge in [0, 0.05) is 29.1 Å². The summed E-state index contributed by atoms with van der Waals surface area (Å²) in [5.41, 5.74) is 5.09. The molecule has 1 heterocycles. The molecule has 20 heavy (non-hydrogen) atoms. The molecule has 0 spiro atoms. The highest BCUT2D eigenvalue weighted by Crippen LogP contribution is 2.38. The molecule has 102 valence electrons. The van der Waals surface area contributed by atoms with Crippen LogP contribution < -0.4 is 5.46 Å². The molecule has 0 saturated carbocycles. The molecule has 0 aliphatic carbocycles. The number of nitrogens with zero attached hydrogens (tertiary/aromatic N) is 1. The highest BCUT2D eigenvalue weighted by molar-refractivity contribution is 6.35. The number of likely N-dealkylation sites (N-methyl/N-ethyl adjacent to an activating group) is 1. The highest BCUT2D eigenvalue weighted by atomic mass is 35.5. The average Bonchev–Trinajstić information content (AvgIpc) is 2.39. The molecule has 4 heteroatoms. The van der Waals surface area contributed by atoms with E-state index in [1.54, 1.807) is 0 Å². The van der Waals surface area contributed by atoms with Crippen molar-refractivity contribution in [3.8, 4) is 0 Å². The van der Waals surface area contributed by atoms with E-state index in [1.165, 1.54) is 22.2 Å². The first-order valence-corrected chi connectivity index (χ1v) is 7.53. The summed E-state index contributed by atoms with van der Waals surface area (Å²) in [7, 11) is 4.26. The van der Waals surface area contributed by atoms with E-state index < -0.39 is 0 Å². The molecule has 1 aliphatic rings. The fourth-order valence-electron chi connectivity index (χ4n) is 3.02. The molecular formula is C16H16BCl2N. The number of hydrogen-bond acceptors (Lipinski definition) is 1. The molecular weight excluding hydrogens is 288 g/mol. The third-order valence-electron chi connectivity index (χ3n) is 3.94. The van der Waals surface area contributed by atoms with Crippen molar-refractivity contribution in [2.45, 2.75) is 12.5 Å². The van der Waals surface area contributed by atoms with Gasteiger partial charge in [-0.2, -0.15) is 0 Å². The predicted octanol–water partition coefficient (Wildman–Crippen LogP) is 2.83. The zero-order valence-electron chi connectivity index (χ0n) is 11.7. The molecule has 2 aromatic carbocycles. The van der Waals surface area contributed by atoms with Crippen LogP contribution in [0.5, 0.6) is 0 Å². The summed E-state index contributed by atoms with van der Waals surface area (Å²) in [6.07, 6.45) is 0. The van der Waals surface area contributed by atoms with E-state index in [1.807, 2.05) is 6.07 Å². The SMILES string of the molecule is Bc1cccc(C2CN(C)Cc3c(Cl)cc(Cl)cc32)c1. The third kappa shape index (κ3) is 2.60. The van der Waals surface area contributed by atoms with E-state index in [0.717, 1.165) is 23.1 Å². The first kappa shape index (κ1) is 14.0. The number of rotatable bonds is 1. The fourth-order valence-corrected chi connectivity index (χ4v) is 3.59. The summed E-state index contributed by atoms with van der Waals surface area (Å²) in [4.78, 5) is 2.31. The van der Waals surface area contributed by atoms with Crippen LogP contribution in [0.3, 0.4) is 0 Å². The van der Waals surface area contributed by atoms with Gasteiger partial charge in [-0.15, -0.1) is 0 Å². The summed E-state index contributed by atoms with van der Waals surface area (Å²) >= 11 is 12.6. The maximum Gasteiger partial charge on any atom is 0.139 e.